The molecule has 1 aliphatic heterocycles. The summed E-state index contributed by atoms with van der Waals surface area (Å²) in [5.41, 5.74) is -1.56. The van der Waals surface area contributed by atoms with Gasteiger partial charge in [-0.3, -0.25) is 14.3 Å². The number of carbonyl (C=O) groups is 1. The van der Waals surface area contributed by atoms with Crippen LogP contribution >= 0.6 is 0 Å². The molecule has 19 heavy (non-hydrogen) atoms. The van der Waals surface area contributed by atoms with Crippen molar-refractivity contribution < 1.29 is 23.8 Å². The number of nitrogens with one attached hydrogen (secondary N) is 1. The Morgan fingerprint density at radius 3 is 2.84 bits per heavy atom. The van der Waals surface area contributed by atoms with Gasteiger partial charge in [-0.05, 0) is 0 Å². The van der Waals surface area contributed by atoms with Crippen molar-refractivity contribution >= 4 is 5.97 Å². The number of ether oxygens (including phenoxy) is 2. The van der Waals surface area contributed by atoms with Gasteiger partial charge in [0.05, 0.1) is 7.11 Å². The Morgan fingerprint density at radius 2 is 2.26 bits per heavy atom. The van der Waals surface area contributed by atoms with Gasteiger partial charge in [0.2, 0.25) is 0 Å². The average molecular weight is 274 g/mol. The second-order valence-corrected chi connectivity index (χ2v) is 3.92. The summed E-state index contributed by atoms with van der Waals surface area (Å²) in [5.74, 6) is -0.949. The first-order chi connectivity index (χ1) is 8.95. The van der Waals surface area contributed by atoms with Gasteiger partial charge in [0.1, 0.15) is 6.10 Å². The van der Waals surface area contributed by atoms with E-state index in [1.54, 1.807) is 0 Å². The van der Waals surface area contributed by atoms with Crippen LogP contribution in [0, 0.1) is 0 Å². The third kappa shape index (κ3) is 2.29. The van der Waals surface area contributed by atoms with E-state index < -0.39 is 41.8 Å². The van der Waals surface area contributed by atoms with Crippen LogP contribution in [0.3, 0.4) is 0 Å². The molecule has 0 aromatic carbocycles. The maximum atomic E-state index is 13.9. The van der Waals surface area contributed by atoms with Crippen molar-refractivity contribution in [3.8, 4) is 0 Å². The maximum Gasteiger partial charge on any atom is 0.337 e. The average Bonchev–Trinajstić information content (AvgIpc) is 2.66. The molecular weight excluding hydrogens is 263 g/mol. The van der Waals surface area contributed by atoms with E-state index in [9.17, 15) is 23.9 Å². The van der Waals surface area contributed by atoms with E-state index in [-0.39, 0.29) is 0 Å². The fraction of sp³-hybridized carbons (Fsp3) is 0.500. The summed E-state index contributed by atoms with van der Waals surface area (Å²) in [7, 11) is 1.06. The lowest BCUT2D eigenvalue weighted by Crippen LogP contribution is -2.36. The van der Waals surface area contributed by atoms with Crippen LogP contribution in [0.5, 0.6) is 0 Å². The van der Waals surface area contributed by atoms with Crippen LogP contribution in [-0.4, -0.2) is 46.1 Å². The molecule has 4 atom stereocenters. The molecule has 0 bridgehead atoms. The predicted octanol–water partition coefficient (Wildman–Crippen LogP) is -1.69. The summed E-state index contributed by atoms with van der Waals surface area (Å²) >= 11 is 0. The van der Waals surface area contributed by atoms with Gasteiger partial charge in [0, 0.05) is 12.3 Å². The first-order valence-corrected chi connectivity index (χ1v) is 5.32. The molecule has 1 aromatic rings. The van der Waals surface area contributed by atoms with E-state index in [0.29, 0.717) is 0 Å². The number of alkyl halides is 1. The van der Waals surface area contributed by atoms with E-state index in [2.05, 4.69) is 4.74 Å². The number of hydrogen-bond acceptors (Lipinski definition) is 6. The molecule has 0 saturated carbocycles. The second-order valence-electron chi connectivity index (χ2n) is 3.92. The molecular formula is C10H11FN2O6. The largest absolute Gasteiger partial charge is 0.467 e. The molecule has 2 heterocycles. The lowest BCUT2D eigenvalue weighted by atomic mass is 10.1. The molecule has 2 N–H and O–H groups in total. The maximum absolute atomic E-state index is 13.9. The zero-order valence-corrected chi connectivity index (χ0v) is 9.78. The highest BCUT2D eigenvalue weighted by molar-refractivity contribution is 5.75. The van der Waals surface area contributed by atoms with Gasteiger partial charge in [0.25, 0.3) is 5.56 Å². The zero-order valence-electron chi connectivity index (χ0n) is 9.78. The minimum absolute atomic E-state index is 0.653. The molecule has 1 aliphatic rings. The highest BCUT2D eigenvalue weighted by Crippen LogP contribution is 2.31. The molecule has 1 saturated heterocycles. The monoisotopic (exact) mass is 274 g/mol. The molecule has 104 valence electrons. The summed E-state index contributed by atoms with van der Waals surface area (Å²) < 4.78 is 23.9. The Hall–Kier alpha value is -2.00. The van der Waals surface area contributed by atoms with Crippen molar-refractivity contribution in [1.29, 1.82) is 0 Å². The smallest absolute Gasteiger partial charge is 0.337 e. The highest BCUT2D eigenvalue weighted by Gasteiger charge is 2.49. The highest BCUT2D eigenvalue weighted by atomic mass is 19.1. The number of aromatic nitrogens is 2. The topological polar surface area (TPSA) is 111 Å². The summed E-state index contributed by atoms with van der Waals surface area (Å²) in [6.45, 7) is 0. The fourth-order valence-electron chi connectivity index (χ4n) is 1.80. The number of halogens is 1. The normalized spacial score (nSPS) is 30.3. The molecule has 9 heteroatoms. The molecule has 0 amide bonds. The number of H-pyrrole nitrogens is 1. The van der Waals surface area contributed by atoms with E-state index in [1.165, 1.54) is 0 Å². The van der Waals surface area contributed by atoms with Crippen molar-refractivity contribution in [2.45, 2.75) is 24.6 Å². The number of carbonyl (C=O) groups excluding carboxylic acids is 1. The number of methoxy groups -OCH3 is 1. The summed E-state index contributed by atoms with van der Waals surface area (Å²) in [6, 6.07) is 0.995. The van der Waals surface area contributed by atoms with E-state index in [0.717, 1.165) is 23.9 Å². The third-order valence-electron chi connectivity index (χ3n) is 2.75. The van der Waals surface area contributed by atoms with Crippen molar-refractivity contribution in [2.24, 2.45) is 0 Å². The standard InChI is InChI=1S/C10H11FN2O6/c1-18-9(16)7-6(15)5(11)8(19-7)13-3-2-4(14)12-10(13)17/h2-3,5-8,15H,1H3,(H,12,14,17)/t5-,6+,7+,8-/m1/s1. The van der Waals surface area contributed by atoms with Crippen molar-refractivity contribution in [1.82, 2.24) is 9.55 Å². The van der Waals surface area contributed by atoms with E-state index in [1.807, 2.05) is 4.98 Å². The van der Waals surface area contributed by atoms with E-state index in [4.69, 9.17) is 4.74 Å². The number of aliphatic hydroxyl groups is 1. The molecule has 2 rings (SSSR count). The number of rotatable bonds is 2. The Balaban J connectivity index is 2.34. The Morgan fingerprint density at radius 1 is 1.58 bits per heavy atom. The molecule has 0 aliphatic carbocycles. The third-order valence-corrected chi connectivity index (χ3v) is 2.75. The predicted molar refractivity (Wildman–Crippen MR) is 58.2 cm³/mol. The molecule has 0 unspecified atom stereocenters. The number of esters is 1. The Labute approximate surface area is 105 Å². The number of nitrogens with zero attached hydrogens (tertiary/aromatic N) is 1. The summed E-state index contributed by atoms with van der Waals surface area (Å²) in [4.78, 5) is 35.6. The molecule has 0 spiro atoms. The molecule has 0 radical (unpaired) electrons. The van der Waals surface area contributed by atoms with Gasteiger partial charge in [-0.15, -0.1) is 0 Å². The van der Waals surface area contributed by atoms with Crippen LogP contribution in [0.15, 0.2) is 21.9 Å². The lowest BCUT2D eigenvalue weighted by Gasteiger charge is -2.14. The van der Waals surface area contributed by atoms with Gasteiger partial charge in [-0.1, -0.05) is 0 Å². The van der Waals surface area contributed by atoms with Crippen LogP contribution in [0.25, 0.3) is 0 Å². The molecule has 8 nitrogen and oxygen atoms in total. The van der Waals surface area contributed by atoms with Gasteiger partial charge in [-0.2, -0.15) is 0 Å². The molecule has 1 aromatic heterocycles. The van der Waals surface area contributed by atoms with Crippen molar-refractivity contribution in [3.63, 3.8) is 0 Å². The quantitative estimate of drug-likeness (QED) is 0.622. The zero-order chi connectivity index (χ0) is 14.2. The first kappa shape index (κ1) is 13.4. The van der Waals surface area contributed by atoms with Gasteiger partial charge in [0.15, 0.2) is 18.5 Å². The van der Waals surface area contributed by atoms with Gasteiger partial charge >= 0.3 is 11.7 Å². The lowest BCUT2D eigenvalue weighted by molar-refractivity contribution is -0.159. The summed E-state index contributed by atoms with van der Waals surface area (Å²) in [6.07, 6.45) is -5.78. The fourth-order valence-corrected chi connectivity index (χ4v) is 1.80. The van der Waals surface area contributed by atoms with Gasteiger partial charge < -0.3 is 14.6 Å². The minimum atomic E-state index is -2.01. The number of aromatic amines is 1. The number of aliphatic hydroxyl groups excluding tert-OH is 1. The molecule has 1 fully saturated rings. The Bertz CT molecular complexity index is 596. The summed E-state index contributed by atoms with van der Waals surface area (Å²) in [5, 5.41) is 9.55. The van der Waals surface area contributed by atoms with Crippen LogP contribution in [-0.2, 0) is 14.3 Å². The van der Waals surface area contributed by atoms with Crippen LogP contribution in [0.4, 0.5) is 4.39 Å². The van der Waals surface area contributed by atoms with Crippen LogP contribution in [0.1, 0.15) is 6.23 Å². The van der Waals surface area contributed by atoms with Crippen LogP contribution < -0.4 is 11.2 Å². The number of hydrogen-bond donors (Lipinski definition) is 2. The SMILES string of the molecule is COC(=O)[C@H]1O[C@@H](n2ccc(=O)[nH]c2=O)[C@H](F)[C@@H]1O. The van der Waals surface area contributed by atoms with Crippen molar-refractivity contribution in [3.05, 3.63) is 33.1 Å². The minimum Gasteiger partial charge on any atom is -0.467 e. The van der Waals surface area contributed by atoms with Crippen LogP contribution in [0.2, 0.25) is 0 Å². The first-order valence-electron chi connectivity index (χ1n) is 5.32. The Kier molecular flexibility index (Phi) is 3.49. The second kappa shape index (κ2) is 4.94. The van der Waals surface area contributed by atoms with E-state index >= 15 is 0 Å². The van der Waals surface area contributed by atoms with Crippen molar-refractivity contribution in [2.75, 3.05) is 7.11 Å². The van der Waals surface area contributed by atoms with Gasteiger partial charge in [-0.25, -0.2) is 14.0 Å².